The maximum atomic E-state index is 12.4. The topological polar surface area (TPSA) is 64.7 Å². The molecule has 0 aliphatic heterocycles. The quantitative estimate of drug-likeness (QED) is 0.841. The summed E-state index contributed by atoms with van der Waals surface area (Å²) in [5.41, 5.74) is 0. The van der Waals surface area contributed by atoms with Gasteiger partial charge in [-0.3, -0.25) is 9.48 Å². The van der Waals surface area contributed by atoms with Crippen LogP contribution < -0.4 is 5.32 Å². The summed E-state index contributed by atoms with van der Waals surface area (Å²) in [4.78, 5) is 16.5. The Kier molecular flexibility index (Phi) is 5.14. The lowest BCUT2D eigenvalue weighted by molar-refractivity contribution is -0.124. The second-order valence-corrected chi connectivity index (χ2v) is 5.65. The van der Waals surface area contributed by atoms with Crippen LogP contribution in [0.3, 0.4) is 0 Å². The van der Waals surface area contributed by atoms with E-state index >= 15 is 0 Å². The molecule has 0 aliphatic carbocycles. The first kappa shape index (κ1) is 15.3. The fraction of sp³-hybridized carbons (Fsp3) is 0.533. The van der Waals surface area contributed by atoms with Crippen molar-refractivity contribution in [3.63, 3.8) is 0 Å². The average molecular weight is 289 g/mol. The van der Waals surface area contributed by atoms with Gasteiger partial charge in [0.05, 0.1) is 0 Å². The second kappa shape index (κ2) is 7.06. The van der Waals surface area contributed by atoms with E-state index in [4.69, 9.17) is 0 Å². The minimum Gasteiger partial charge on any atom is -0.354 e. The van der Waals surface area contributed by atoms with Gasteiger partial charge in [-0.05, 0) is 24.5 Å². The predicted molar refractivity (Wildman–Crippen MR) is 80.6 cm³/mol. The molecule has 114 valence electrons. The zero-order chi connectivity index (χ0) is 15.2. The smallest absolute Gasteiger partial charge is 0.243 e. The van der Waals surface area contributed by atoms with Gasteiger partial charge in [0, 0.05) is 32.4 Å². The van der Waals surface area contributed by atoms with E-state index in [2.05, 4.69) is 29.2 Å². The van der Waals surface area contributed by atoms with Crippen molar-refractivity contribution in [1.82, 2.24) is 24.6 Å². The lowest BCUT2D eigenvalue weighted by Gasteiger charge is -2.20. The number of nitrogens with zero attached hydrogens (tertiary/aromatic N) is 4. The first-order valence-corrected chi connectivity index (χ1v) is 7.31. The molecule has 0 radical (unpaired) electrons. The van der Waals surface area contributed by atoms with E-state index in [-0.39, 0.29) is 11.9 Å². The molecule has 6 heteroatoms. The van der Waals surface area contributed by atoms with Crippen LogP contribution >= 0.6 is 0 Å². The van der Waals surface area contributed by atoms with Crippen LogP contribution in [0.1, 0.15) is 32.1 Å². The Morgan fingerprint density at radius 2 is 2.05 bits per heavy atom. The number of nitrogens with one attached hydrogen (secondary N) is 1. The Balaban J connectivity index is 1.89. The molecule has 1 N–H and O–H groups in total. The minimum absolute atomic E-state index is 0.0517. The molecule has 2 aromatic heterocycles. The van der Waals surface area contributed by atoms with Crippen LogP contribution in [0.15, 0.2) is 30.9 Å². The minimum atomic E-state index is -0.156. The molecule has 0 aromatic carbocycles. The molecule has 2 heterocycles. The van der Waals surface area contributed by atoms with Crippen molar-refractivity contribution in [3.05, 3.63) is 36.7 Å². The maximum Gasteiger partial charge on any atom is 0.243 e. The van der Waals surface area contributed by atoms with Crippen LogP contribution in [0, 0.1) is 5.92 Å². The van der Waals surface area contributed by atoms with Crippen molar-refractivity contribution in [2.24, 2.45) is 13.0 Å². The van der Waals surface area contributed by atoms with Crippen LogP contribution in [0.5, 0.6) is 0 Å². The van der Waals surface area contributed by atoms with Crippen molar-refractivity contribution in [1.29, 1.82) is 0 Å². The number of aromatic nitrogens is 4. The van der Waals surface area contributed by atoms with Gasteiger partial charge >= 0.3 is 0 Å². The molecule has 0 saturated carbocycles. The Bertz CT molecular complexity index is 558. The highest BCUT2D eigenvalue weighted by molar-refractivity contribution is 5.80. The van der Waals surface area contributed by atoms with Crippen molar-refractivity contribution in [2.75, 3.05) is 6.54 Å². The summed E-state index contributed by atoms with van der Waals surface area (Å²) in [6.07, 6.45) is 7.01. The average Bonchev–Trinajstić information content (AvgIpc) is 3.07. The molecular weight excluding hydrogens is 266 g/mol. The van der Waals surface area contributed by atoms with Crippen molar-refractivity contribution >= 4 is 5.91 Å². The Morgan fingerprint density at radius 3 is 2.62 bits per heavy atom. The van der Waals surface area contributed by atoms with E-state index in [1.807, 2.05) is 36.1 Å². The van der Waals surface area contributed by atoms with Gasteiger partial charge in [-0.15, -0.1) is 0 Å². The van der Waals surface area contributed by atoms with Gasteiger partial charge in [0.15, 0.2) is 5.82 Å². The molecule has 0 unspecified atom stereocenters. The predicted octanol–water partition coefficient (Wildman–Crippen LogP) is 1.56. The van der Waals surface area contributed by atoms with E-state index in [0.29, 0.717) is 18.9 Å². The van der Waals surface area contributed by atoms with Crippen molar-refractivity contribution < 1.29 is 4.79 Å². The first-order chi connectivity index (χ1) is 10.1. The van der Waals surface area contributed by atoms with E-state index < -0.39 is 0 Å². The fourth-order valence-electron chi connectivity index (χ4n) is 2.28. The van der Waals surface area contributed by atoms with Gasteiger partial charge in [0.25, 0.3) is 0 Å². The van der Waals surface area contributed by atoms with Gasteiger partial charge in [-0.25, -0.2) is 4.98 Å². The maximum absolute atomic E-state index is 12.4. The van der Waals surface area contributed by atoms with E-state index in [1.165, 1.54) is 0 Å². The molecule has 0 spiro atoms. The van der Waals surface area contributed by atoms with Gasteiger partial charge in [0.2, 0.25) is 5.91 Å². The summed E-state index contributed by atoms with van der Waals surface area (Å²) < 4.78 is 3.63. The highest BCUT2D eigenvalue weighted by Crippen LogP contribution is 2.18. The second-order valence-electron chi connectivity index (χ2n) is 5.65. The first-order valence-electron chi connectivity index (χ1n) is 7.31. The Hall–Kier alpha value is -2.11. The number of amides is 1. The number of hydrogen-bond acceptors (Lipinski definition) is 3. The SMILES string of the molecule is CC(C)C[C@H](C(=O)NCCc1ncn(C)n1)n1cccc1. The molecule has 2 rings (SSSR count). The standard InChI is InChI=1S/C15H23N5O/c1-12(2)10-13(20-8-4-5-9-20)15(21)16-7-6-14-17-11-19(3)18-14/h4-5,8-9,11-13H,6-7,10H2,1-3H3,(H,16,21)/t13-/m1/s1. The Morgan fingerprint density at radius 1 is 1.33 bits per heavy atom. The van der Waals surface area contributed by atoms with Crippen molar-refractivity contribution in [2.45, 2.75) is 32.7 Å². The molecule has 21 heavy (non-hydrogen) atoms. The third kappa shape index (κ3) is 4.44. The molecule has 1 amide bonds. The summed E-state index contributed by atoms with van der Waals surface area (Å²) in [7, 11) is 1.83. The molecule has 0 saturated heterocycles. The zero-order valence-corrected chi connectivity index (χ0v) is 12.9. The molecule has 2 aromatic rings. The molecule has 1 atom stereocenters. The van der Waals surface area contributed by atoms with Crippen LogP contribution in [0.25, 0.3) is 0 Å². The molecular formula is C15H23N5O. The normalized spacial score (nSPS) is 12.6. The van der Waals surface area contributed by atoms with E-state index in [9.17, 15) is 4.79 Å². The molecule has 0 fully saturated rings. The van der Waals surface area contributed by atoms with Crippen LogP contribution in [0.4, 0.5) is 0 Å². The van der Waals surface area contributed by atoms with Gasteiger partial charge < -0.3 is 9.88 Å². The summed E-state index contributed by atoms with van der Waals surface area (Å²) in [5.74, 6) is 1.26. The van der Waals surface area contributed by atoms with E-state index in [1.54, 1.807) is 11.0 Å². The molecule has 6 nitrogen and oxygen atoms in total. The van der Waals surface area contributed by atoms with Crippen molar-refractivity contribution in [3.8, 4) is 0 Å². The summed E-state index contributed by atoms with van der Waals surface area (Å²) in [6, 6.07) is 3.73. The fourth-order valence-corrected chi connectivity index (χ4v) is 2.28. The third-order valence-corrected chi connectivity index (χ3v) is 3.28. The largest absolute Gasteiger partial charge is 0.354 e. The van der Waals surface area contributed by atoms with Gasteiger partial charge in [-0.2, -0.15) is 5.10 Å². The number of hydrogen-bond donors (Lipinski definition) is 1. The van der Waals surface area contributed by atoms with Gasteiger partial charge in [0.1, 0.15) is 12.4 Å². The summed E-state index contributed by atoms with van der Waals surface area (Å²) in [6.45, 7) is 4.81. The van der Waals surface area contributed by atoms with E-state index in [0.717, 1.165) is 12.2 Å². The Labute approximate surface area is 125 Å². The number of aryl methyl sites for hydroxylation is 1. The highest BCUT2D eigenvalue weighted by Gasteiger charge is 2.20. The highest BCUT2D eigenvalue weighted by atomic mass is 16.2. The monoisotopic (exact) mass is 289 g/mol. The molecule has 0 bridgehead atoms. The van der Waals surface area contributed by atoms with Gasteiger partial charge in [-0.1, -0.05) is 13.8 Å². The third-order valence-electron chi connectivity index (χ3n) is 3.28. The summed E-state index contributed by atoms with van der Waals surface area (Å²) >= 11 is 0. The number of rotatable bonds is 7. The summed E-state index contributed by atoms with van der Waals surface area (Å²) in [5, 5.41) is 7.18. The number of carbonyl (C=O) groups excluding carboxylic acids is 1. The lowest BCUT2D eigenvalue weighted by Crippen LogP contribution is -2.34. The van der Waals surface area contributed by atoms with Crippen LogP contribution in [0.2, 0.25) is 0 Å². The molecule has 0 aliphatic rings. The lowest BCUT2D eigenvalue weighted by atomic mass is 10.0. The van der Waals surface area contributed by atoms with Crippen LogP contribution in [-0.2, 0) is 18.3 Å². The number of carbonyl (C=O) groups is 1. The zero-order valence-electron chi connectivity index (χ0n) is 12.9. The van der Waals surface area contributed by atoms with Crippen LogP contribution in [-0.4, -0.2) is 31.8 Å².